The lowest BCUT2D eigenvalue weighted by Gasteiger charge is -2.11. The van der Waals surface area contributed by atoms with Crippen molar-refractivity contribution in [2.24, 2.45) is 7.05 Å². The fourth-order valence-corrected chi connectivity index (χ4v) is 3.49. The maximum Gasteiger partial charge on any atom is 0.319 e. The van der Waals surface area contributed by atoms with E-state index in [0.29, 0.717) is 6.54 Å². The van der Waals surface area contributed by atoms with E-state index in [1.165, 1.54) is 17.5 Å². The zero-order chi connectivity index (χ0) is 15.4. The second-order valence-corrected chi connectivity index (χ2v) is 6.41. The number of aryl methyl sites for hydroxylation is 2. The number of nitrogens with zero attached hydrogens (tertiary/aromatic N) is 2. The van der Waals surface area contributed by atoms with E-state index >= 15 is 0 Å². The molecule has 0 spiro atoms. The molecule has 0 radical (unpaired) electrons. The van der Waals surface area contributed by atoms with Crippen LogP contribution in [-0.4, -0.2) is 27.9 Å². The number of hydrogen-bond acceptors (Lipinski definition) is 3. The van der Waals surface area contributed by atoms with Crippen molar-refractivity contribution >= 4 is 23.5 Å². The van der Waals surface area contributed by atoms with Crippen LogP contribution in [0.15, 0.2) is 35.7 Å². The number of benzene rings is 1. The zero-order valence-electron chi connectivity index (χ0n) is 12.6. The van der Waals surface area contributed by atoms with Gasteiger partial charge in [0.1, 0.15) is 0 Å². The van der Waals surface area contributed by atoms with Gasteiger partial charge in [-0.1, -0.05) is 23.9 Å². The maximum absolute atomic E-state index is 12.0. The van der Waals surface area contributed by atoms with Crippen molar-refractivity contribution in [2.45, 2.75) is 24.4 Å². The minimum atomic E-state index is -0.138. The molecule has 2 N–H and O–H groups in total. The third-order valence-electron chi connectivity index (χ3n) is 3.79. The SMILES string of the molecule is Cn1ccnc1SCCNC(=O)Nc1cccc2c1CCC2. The molecule has 0 bridgehead atoms. The topological polar surface area (TPSA) is 59.0 Å². The Morgan fingerprint density at radius 2 is 2.32 bits per heavy atom. The molecular formula is C16H20N4OS. The molecule has 1 aromatic heterocycles. The molecule has 1 heterocycles. The number of fused-ring (bicyclic) bond motifs is 1. The Kier molecular flexibility index (Phi) is 4.68. The lowest BCUT2D eigenvalue weighted by molar-refractivity contribution is 0.252. The Morgan fingerprint density at radius 3 is 3.14 bits per heavy atom. The summed E-state index contributed by atoms with van der Waals surface area (Å²) in [6, 6.07) is 6.00. The molecule has 6 heteroatoms. The van der Waals surface area contributed by atoms with Crippen LogP contribution < -0.4 is 10.6 Å². The smallest absolute Gasteiger partial charge is 0.319 e. The van der Waals surface area contributed by atoms with Gasteiger partial charge in [-0.3, -0.25) is 0 Å². The normalized spacial score (nSPS) is 13.0. The minimum Gasteiger partial charge on any atom is -0.337 e. The molecule has 0 saturated carbocycles. The first-order valence-electron chi connectivity index (χ1n) is 7.50. The summed E-state index contributed by atoms with van der Waals surface area (Å²) in [5.41, 5.74) is 3.60. The lowest BCUT2D eigenvalue weighted by atomic mass is 10.1. The van der Waals surface area contributed by atoms with Gasteiger partial charge in [0.2, 0.25) is 0 Å². The van der Waals surface area contributed by atoms with Crippen molar-refractivity contribution < 1.29 is 4.79 Å². The molecule has 2 amide bonds. The number of carbonyl (C=O) groups is 1. The van der Waals surface area contributed by atoms with Gasteiger partial charge >= 0.3 is 6.03 Å². The summed E-state index contributed by atoms with van der Waals surface area (Å²) in [7, 11) is 1.96. The van der Waals surface area contributed by atoms with E-state index in [4.69, 9.17) is 0 Å². The number of urea groups is 1. The van der Waals surface area contributed by atoms with Crippen LogP contribution in [-0.2, 0) is 19.9 Å². The molecule has 0 aliphatic heterocycles. The highest BCUT2D eigenvalue weighted by Crippen LogP contribution is 2.28. The summed E-state index contributed by atoms with van der Waals surface area (Å²) in [6.45, 7) is 0.610. The van der Waals surface area contributed by atoms with Gasteiger partial charge in [0.15, 0.2) is 5.16 Å². The van der Waals surface area contributed by atoms with E-state index < -0.39 is 0 Å². The second-order valence-electron chi connectivity index (χ2n) is 5.35. The van der Waals surface area contributed by atoms with E-state index in [1.54, 1.807) is 18.0 Å². The molecule has 116 valence electrons. The summed E-state index contributed by atoms with van der Waals surface area (Å²) in [5, 5.41) is 6.82. The van der Waals surface area contributed by atoms with Crippen molar-refractivity contribution in [1.82, 2.24) is 14.9 Å². The minimum absolute atomic E-state index is 0.138. The van der Waals surface area contributed by atoms with Crippen molar-refractivity contribution in [3.63, 3.8) is 0 Å². The average Bonchev–Trinajstić information content (AvgIpc) is 3.13. The fraction of sp³-hybridized carbons (Fsp3) is 0.375. The third kappa shape index (κ3) is 3.44. The molecule has 5 nitrogen and oxygen atoms in total. The standard InChI is InChI=1S/C16H20N4OS/c1-20-10-8-18-16(20)22-11-9-17-15(21)19-14-7-3-5-12-4-2-6-13(12)14/h3,5,7-8,10H,2,4,6,9,11H2,1H3,(H2,17,19,21). The number of thioether (sulfide) groups is 1. The summed E-state index contributed by atoms with van der Waals surface area (Å²) >= 11 is 1.63. The monoisotopic (exact) mass is 316 g/mol. The van der Waals surface area contributed by atoms with Crippen LogP contribution in [0.25, 0.3) is 0 Å². The van der Waals surface area contributed by atoms with Crippen LogP contribution in [0.5, 0.6) is 0 Å². The Morgan fingerprint density at radius 1 is 1.41 bits per heavy atom. The van der Waals surface area contributed by atoms with E-state index in [1.807, 2.05) is 29.9 Å². The number of imidazole rings is 1. The van der Waals surface area contributed by atoms with E-state index in [2.05, 4.69) is 21.7 Å². The molecule has 0 atom stereocenters. The molecule has 3 rings (SSSR count). The number of aromatic nitrogens is 2. The van der Waals surface area contributed by atoms with Crippen molar-refractivity contribution in [1.29, 1.82) is 0 Å². The van der Waals surface area contributed by atoms with Crippen LogP contribution >= 0.6 is 11.8 Å². The highest BCUT2D eigenvalue weighted by molar-refractivity contribution is 7.99. The van der Waals surface area contributed by atoms with Crippen LogP contribution in [0.2, 0.25) is 0 Å². The van der Waals surface area contributed by atoms with Gasteiger partial charge in [-0.05, 0) is 36.5 Å². The predicted molar refractivity (Wildman–Crippen MR) is 89.4 cm³/mol. The molecule has 1 aliphatic rings. The molecule has 2 aromatic rings. The van der Waals surface area contributed by atoms with Gasteiger partial charge in [-0.2, -0.15) is 0 Å². The first-order valence-corrected chi connectivity index (χ1v) is 8.48. The largest absolute Gasteiger partial charge is 0.337 e. The lowest BCUT2D eigenvalue weighted by Crippen LogP contribution is -2.30. The zero-order valence-corrected chi connectivity index (χ0v) is 13.4. The Bertz CT molecular complexity index is 668. The van der Waals surface area contributed by atoms with Gasteiger partial charge in [0, 0.05) is 37.4 Å². The van der Waals surface area contributed by atoms with E-state index in [0.717, 1.165) is 29.4 Å². The van der Waals surface area contributed by atoms with Crippen molar-refractivity contribution in [3.05, 3.63) is 41.7 Å². The van der Waals surface area contributed by atoms with Gasteiger partial charge in [0.05, 0.1) is 0 Å². The second kappa shape index (κ2) is 6.87. The molecular weight excluding hydrogens is 296 g/mol. The number of rotatable bonds is 5. The Balaban J connectivity index is 1.45. The average molecular weight is 316 g/mol. The predicted octanol–water partition coefficient (Wildman–Crippen LogP) is 2.82. The van der Waals surface area contributed by atoms with Crippen molar-refractivity contribution in [2.75, 3.05) is 17.6 Å². The third-order valence-corrected chi connectivity index (χ3v) is 4.85. The number of hydrogen-bond donors (Lipinski definition) is 2. The van der Waals surface area contributed by atoms with Crippen LogP contribution in [0.4, 0.5) is 10.5 Å². The molecule has 22 heavy (non-hydrogen) atoms. The first kappa shape index (κ1) is 15.0. The maximum atomic E-state index is 12.0. The first-order chi connectivity index (χ1) is 10.7. The number of carbonyl (C=O) groups excluding carboxylic acids is 1. The van der Waals surface area contributed by atoms with Gasteiger partial charge < -0.3 is 15.2 Å². The van der Waals surface area contributed by atoms with Crippen LogP contribution in [0.1, 0.15) is 17.5 Å². The Hall–Kier alpha value is -1.95. The van der Waals surface area contributed by atoms with E-state index in [9.17, 15) is 4.79 Å². The van der Waals surface area contributed by atoms with Crippen molar-refractivity contribution in [3.8, 4) is 0 Å². The van der Waals surface area contributed by atoms with Crippen LogP contribution in [0.3, 0.4) is 0 Å². The fourth-order valence-electron chi connectivity index (χ4n) is 2.70. The number of amides is 2. The molecule has 0 unspecified atom stereocenters. The number of anilines is 1. The summed E-state index contributed by atoms with van der Waals surface area (Å²) in [5.74, 6) is 0.797. The quantitative estimate of drug-likeness (QED) is 0.659. The summed E-state index contributed by atoms with van der Waals surface area (Å²) in [4.78, 5) is 16.2. The molecule has 0 saturated heterocycles. The molecule has 1 aliphatic carbocycles. The molecule has 1 aromatic carbocycles. The highest BCUT2D eigenvalue weighted by Gasteiger charge is 2.15. The number of nitrogens with one attached hydrogen (secondary N) is 2. The highest BCUT2D eigenvalue weighted by atomic mass is 32.2. The van der Waals surface area contributed by atoms with Gasteiger partial charge in [0.25, 0.3) is 0 Å². The van der Waals surface area contributed by atoms with E-state index in [-0.39, 0.29) is 6.03 Å². The van der Waals surface area contributed by atoms with Gasteiger partial charge in [-0.15, -0.1) is 0 Å². The summed E-state index contributed by atoms with van der Waals surface area (Å²) < 4.78 is 1.97. The van der Waals surface area contributed by atoms with Gasteiger partial charge in [-0.25, -0.2) is 9.78 Å². The summed E-state index contributed by atoms with van der Waals surface area (Å²) in [6.07, 6.45) is 7.04. The van der Waals surface area contributed by atoms with Crippen LogP contribution in [0, 0.1) is 0 Å². The Labute approximate surface area is 134 Å². The molecule has 0 fully saturated rings.